The smallest absolute Gasteiger partial charge is 0.217 e. The Morgan fingerprint density at radius 2 is 2.12 bits per heavy atom. The molecule has 0 saturated carbocycles. The van der Waals surface area contributed by atoms with Crippen molar-refractivity contribution in [1.82, 2.24) is 14.5 Å². The number of amides is 1. The van der Waals surface area contributed by atoms with Gasteiger partial charge in [-0.2, -0.15) is 0 Å². The van der Waals surface area contributed by atoms with Crippen LogP contribution >= 0.6 is 24.0 Å². The first-order valence-corrected chi connectivity index (χ1v) is 10.3. The van der Waals surface area contributed by atoms with Gasteiger partial charge in [0, 0.05) is 46.2 Å². The van der Waals surface area contributed by atoms with Crippen LogP contribution in [0.1, 0.15) is 32.6 Å². The lowest BCUT2D eigenvalue weighted by Gasteiger charge is -2.34. The predicted molar refractivity (Wildman–Crippen MR) is 112 cm³/mol. The van der Waals surface area contributed by atoms with Gasteiger partial charge in [0.2, 0.25) is 15.9 Å². The van der Waals surface area contributed by atoms with Crippen molar-refractivity contribution < 1.29 is 13.2 Å². The first kappa shape index (κ1) is 24.4. The summed E-state index contributed by atoms with van der Waals surface area (Å²) < 4.78 is 24.6. The van der Waals surface area contributed by atoms with Gasteiger partial charge in [-0.1, -0.05) is 6.92 Å². The topological polar surface area (TPSA) is 108 Å². The Hall–Kier alpha value is -0.620. The van der Waals surface area contributed by atoms with E-state index in [-0.39, 0.29) is 35.8 Å². The number of hydrogen-bond donors (Lipinski definition) is 2. The van der Waals surface area contributed by atoms with Gasteiger partial charge in [0.1, 0.15) is 0 Å². The van der Waals surface area contributed by atoms with E-state index in [2.05, 4.69) is 15.2 Å². The first-order valence-electron chi connectivity index (χ1n) is 8.47. The number of carbonyl (C=O) groups excluding carboxylic acids is 1. The van der Waals surface area contributed by atoms with Crippen LogP contribution in [0.2, 0.25) is 0 Å². The van der Waals surface area contributed by atoms with Gasteiger partial charge in [-0.3, -0.25) is 9.79 Å². The van der Waals surface area contributed by atoms with Crippen LogP contribution in [-0.4, -0.2) is 75.5 Å². The summed E-state index contributed by atoms with van der Waals surface area (Å²) in [6.07, 6.45) is 4.37. The van der Waals surface area contributed by atoms with E-state index >= 15 is 0 Å². The number of likely N-dealkylation sites (tertiary alicyclic amines) is 1. The Kier molecular flexibility index (Phi) is 11.6. The van der Waals surface area contributed by atoms with Crippen molar-refractivity contribution in [2.45, 2.75) is 32.6 Å². The molecule has 1 rings (SSSR count). The second kappa shape index (κ2) is 11.9. The average Bonchev–Trinajstić information content (AvgIpc) is 2.49. The van der Waals surface area contributed by atoms with Crippen LogP contribution < -0.4 is 11.1 Å². The van der Waals surface area contributed by atoms with Crippen molar-refractivity contribution in [3.8, 4) is 0 Å². The van der Waals surface area contributed by atoms with Gasteiger partial charge in [0.15, 0.2) is 5.96 Å². The summed E-state index contributed by atoms with van der Waals surface area (Å²) in [4.78, 5) is 17.5. The molecule has 1 fully saturated rings. The largest absolute Gasteiger partial charge is 0.370 e. The maximum absolute atomic E-state index is 11.6. The number of piperidine rings is 1. The van der Waals surface area contributed by atoms with Crippen LogP contribution in [0.3, 0.4) is 0 Å². The van der Waals surface area contributed by atoms with Gasteiger partial charge in [-0.05, 0) is 25.2 Å². The molecule has 1 atom stereocenters. The molecule has 0 aromatic rings. The van der Waals surface area contributed by atoms with Gasteiger partial charge in [0.25, 0.3) is 0 Å². The molecule has 0 aliphatic carbocycles. The van der Waals surface area contributed by atoms with Gasteiger partial charge >= 0.3 is 0 Å². The standard InChI is InChI=1S/C15H31N5O3S.HI/c1-4-20(24(3,22)23)10-6-8-18-15(17-2)19-9-5-7-13(12-19)11-14(16)21;/h13H,4-12H2,1-3H3,(H2,16,21)(H,17,18);1H. The van der Waals surface area contributed by atoms with Crippen LogP contribution in [0.25, 0.3) is 0 Å². The SMILES string of the molecule is CCN(CCCNC(=NC)N1CCCC(CC(N)=O)C1)S(C)(=O)=O.I. The number of nitrogens with one attached hydrogen (secondary N) is 1. The van der Waals surface area contributed by atoms with Crippen LogP contribution in [0, 0.1) is 5.92 Å². The van der Waals surface area contributed by atoms with E-state index in [0.29, 0.717) is 32.5 Å². The average molecular weight is 489 g/mol. The number of guanidine groups is 1. The lowest BCUT2D eigenvalue weighted by molar-refractivity contribution is -0.119. The minimum absolute atomic E-state index is 0. The molecule has 10 heteroatoms. The summed E-state index contributed by atoms with van der Waals surface area (Å²) in [5, 5.41) is 3.28. The highest BCUT2D eigenvalue weighted by atomic mass is 127. The van der Waals surface area contributed by atoms with Crippen molar-refractivity contribution in [1.29, 1.82) is 0 Å². The molecule has 1 aliphatic rings. The van der Waals surface area contributed by atoms with E-state index in [1.807, 2.05) is 6.92 Å². The van der Waals surface area contributed by atoms with E-state index in [0.717, 1.165) is 31.9 Å². The van der Waals surface area contributed by atoms with Gasteiger partial charge < -0.3 is 16.0 Å². The molecule has 0 bridgehead atoms. The highest BCUT2D eigenvalue weighted by molar-refractivity contribution is 14.0. The third-order valence-electron chi connectivity index (χ3n) is 4.21. The van der Waals surface area contributed by atoms with Crippen LogP contribution in [0.5, 0.6) is 0 Å². The van der Waals surface area contributed by atoms with Crippen LogP contribution in [0.15, 0.2) is 4.99 Å². The summed E-state index contributed by atoms with van der Waals surface area (Å²) in [6, 6.07) is 0. The summed E-state index contributed by atoms with van der Waals surface area (Å²) in [6.45, 7) is 5.13. The molecule has 0 radical (unpaired) electrons. The zero-order chi connectivity index (χ0) is 18.2. The van der Waals surface area contributed by atoms with E-state index in [1.165, 1.54) is 10.6 Å². The summed E-state index contributed by atoms with van der Waals surface area (Å²) in [5.74, 6) is 0.812. The second-order valence-electron chi connectivity index (χ2n) is 6.21. The fourth-order valence-electron chi connectivity index (χ4n) is 3.05. The molecule has 148 valence electrons. The van der Waals surface area contributed by atoms with Crippen molar-refractivity contribution in [3.63, 3.8) is 0 Å². The van der Waals surface area contributed by atoms with Gasteiger partial charge in [-0.15, -0.1) is 24.0 Å². The molecule has 1 saturated heterocycles. The van der Waals surface area contributed by atoms with Crippen molar-refractivity contribution >= 4 is 45.9 Å². The molecule has 1 heterocycles. The number of aliphatic imine (C=N–C) groups is 1. The molecule has 1 amide bonds. The maximum atomic E-state index is 11.6. The Balaban J connectivity index is 0.00000576. The lowest BCUT2D eigenvalue weighted by Crippen LogP contribution is -2.47. The number of carbonyl (C=O) groups is 1. The molecule has 8 nitrogen and oxygen atoms in total. The van der Waals surface area contributed by atoms with Crippen molar-refractivity contribution in [2.24, 2.45) is 16.6 Å². The molecular formula is C15H32IN5O3S. The normalized spacial score (nSPS) is 18.8. The maximum Gasteiger partial charge on any atom is 0.217 e. The third kappa shape index (κ3) is 9.04. The van der Waals surface area contributed by atoms with E-state index in [1.54, 1.807) is 7.05 Å². The monoisotopic (exact) mass is 489 g/mol. The third-order valence-corrected chi connectivity index (χ3v) is 5.59. The lowest BCUT2D eigenvalue weighted by atomic mass is 9.95. The summed E-state index contributed by atoms with van der Waals surface area (Å²) in [7, 11) is -1.41. The number of halogens is 1. The number of nitrogens with zero attached hydrogens (tertiary/aromatic N) is 3. The summed E-state index contributed by atoms with van der Waals surface area (Å²) >= 11 is 0. The van der Waals surface area contributed by atoms with E-state index in [4.69, 9.17) is 5.73 Å². The van der Waals surface area contributed by atoms with Crippen molar-refractivity contribution in [2.75, 3.05) is 46.0 Å². The number of rotatable bonds is 8. The molecule has 0 spiro atoms. The molecular weight excluding hydrogens is 457 g/mol. The molecule has 3 N–H and O–H groups in total. The van der Waals surface area contributed by atoms with E-state index < -0.39 is 10.0 Å². The number of primary amides is 1. The highest BCUT2D eigenvalue weighted by Gasteiger charge is 2.23. The zero-order valence-electron chi connectivity index (χ0n) is 15.4. The second-order valence-corrected chi connectivity index (χ2v) is 8.19. The molecule has 0 aromatic carbocycles. The fourth-order valence-corrected chi connectivity index (χ4v) is 3.98. The number of sulfonamides is 1. The Bertz CT molecular complexity index is 541. The van der Waals surface area contributed by atoms with E-state index in [9.17, 15) is 13.2 Å². The zero-order valence-corrected chi connectivity index (χ0v) is 18.5. The van der Waals surface area contributed by atoms with Crippen LogP contribution in [-0.2, 0) is 14.8 Å². The summed E-state index contributed by atoms with van der Waals surface area (Å²) in [5.41, 5.74) is 5.30. The molecule has 1 aliphatic heterocycles. The van der Waals surface area contributed by atoms with Gasteiger partial charge in [0.05, 0.1) is 6.26 Å². The van der Waals surface area contributed by atoms with Crippen LogP contribution in [0.4, 0.5) is 0 Å². The Labute approximate surface area is 168 Å². The fraction of sp³-hybridized carbons (Fsp3) is 0.867. The molecule has 25 heavy (non-hydrogen) atoms. The minimum atomic E-state index is -3.14. The Morgan fingerprint density at radius 3 is 2.64 bits per heavy atom. The molecule has 0 aromatic heterocycles. The minimum Gasteiger partial charge on any atom is -0.370 e. The van der Waals surface area contributed by atoms with Gasteiger partial charge in [-0.25, -0.2) is 12.7 Å². The molecule has 1 unspecified atom stereocenters. The highest BCUT2D eigenvalue weighted by Crippen LogP contribution is 2.19. The number of nitrogens with two attached hydrogens (primary N) is 1. The van der Waals surface area contributed by atoms with Crippen molar-refractivity contribution in [3.05, 3.63) is 0 Å². The Morgan fingerprint density at radius 1 is 1.44 bits per heavy atom. The quantitative estimate of drug-likeness (QED) is 0.223. The first-order chi connectivity index (χ1) is 11.3. The predicted octanol–water partition coefficient (Wildman–Crippen LogP) is 0.439. The number of hydrogen-bond acceptors (Lipinski definition) is 4.